The number of fused-ring (bicyclic) bond motifs is 1. The second-order valence-corrected chi connectivity index (χ2v) is 10.9. The number of pyridine rings is 1. The molecule has 2 aliphatic rings. The zero-order chi connectivity index (χ0) is 20.8. The van der Waals surface area contributed by atoms with Crippen LogP contribution < -0.4 is 0 Å². The van der Waals surface area contributed by atoms with Crippen molar-refractivity contribution in [3.8, 4) is 0 Å². The van der Waals surface area contributed by atoms with Crippen LogP contribution in [0.15, 0.2) is 29.0 Å². The molecule has 2 aliphatic heterocycles. The third-order valence-corrected chi connectivity index (χ3v) is 8.04. The molecule has 1 amide bonds. The van der Waals surface area contributed by atoms with Gasteiger partial charge in [-0.3, -0.25) is 9.78 Å². The molecular weight excluding hydrogens is 394 g/mol. The van der Waals surface area contributed by atoms with Gasteiger partial charge in [0.2, 0.25) is 15.9 Å². The van der Waals surface area contributed by atoms with E-state index < -0.39 is 20.9 Å². The van der Waals surface area contributed by atoms with Crippen molar-refractivity contribution < 1.29 is 22.7 Å². The van der Waals surface area contributed by atoms with Crippen LogP contribution in [0.5, 0.6) is 0 Å². The van der Waals surface area contributed by atoms with Crippen molar-refractivity contribution in [2.45, 2.75) is 49.9 Å². The number of carbonyl (C=O) groups is 1. The smallest absolute Gasteiger partial charge is 0.225 e. The van der Waals surface area contributed by atoms with Crippen LogP contribution in [0.1, 0.15) is 44.6 Å². The van der Waals surface area contributed by atoms with E-state index in [1.807, 2.05) is 12.1 Å². The molecule has 0 spiro atoms. The lowest BCUT2D eigenvalue weighted by atomic mass is 9.91. The molecule has 2 aromatic heterocycles. The van der Waals surface area contributed by atoms with Crippen molar-refractivity contribution in [2.75, 3.05) is 26.2 Å². The van der Waals surface area contributed by atoms with E-state index in [1.54, 1.807) is 30.6 Å². The van der Waals surface area contributed by atoms with E-state index in [9.17, 15) is 18.3 Å². The van der Waals surface area contributed by atoms with Crippen molar-refractivity contribution in [1.82, 2.24) is 14.2 Å². The minimum atomic E-state index is -3.43. The van der Waals surface area contributed by atoms with E-state index in [0.717, 1.165) is 29.5 Å². The van der Waals surface area contributed by atoms with Gasteiger partial charge in [0.1, 0.15) is 10.8 Å². The minimum Gasteiger partial charge on any atom is -0.462 e. The Hall–Kier alpha value is -1.97. The predicted molar refractivity (Wildman–Crippen MR) is 108 cm³/mol. The summed E-state index contributed by atoms with van der Waals surface area (Å²) in [4.78, 5) is 18.0. The summed E-state index contributed by atoms with van der Waals surface area (Å²) in [5.41, 5.74) is 1.57. The largest absolute Gasteiger partial charge is 0.462 e. The van der Waals surface area contributed by atoms with Gasteiger partial charge in [0, 0.05) is 37.9 Å². The highest BCUT2D eigenvalue weighted by molar-refractivity contribution is 7.89. The van der Waals surface area contributed by atoms with Crippen LogP contribution in [0.4, 0.5) is 0 Å². The first kappa shape index (κ1) is 20.3. The quantitative estimate of drug-likeness (QED) is 0.788. The molecule has 4 rings (SSSR count). The first-order valence-corrected chi connectivity index (χ1v) is 11.5. The Morgan fingerprint density at radius 3 is 2.66 bits per heavy atom. The Kier molecular flexibility index (Phi) is 5.16. The second-order valence-electron chi connectivity index (χ2n) is 8.67. The Morgan fingerprint density at radius 1 is 1.31 bits per heavy atom. The molecular formula is C20H27N3O5S. The average molecular weight is 422 g/mol. The molecule has 1 N–H and O–H groups in total. The number of aliphatic hydroxyl groups is 1. The number of piperidine rings is 1. The van der Waals surface area contributed by atoms with Gasteiger partial charge < -0.3 is 14.4 Å². The normalized spacial score (nSPS) is 20.2. The minimum absolute atomic E-state index is 0.00213. The SMILES string of the molecule is CC(C)(O)CC(=O)N1CC(S(=O)(=O)N2CCC(c3coc4cccnc34)CC2)C1. The molecule has 2 saturated heterocycles. The summed E-state index contributed by atoms with van der Waals surface area (Å²) in [6, 6.07) is 3.71. The van der Waals surface area contributed by atoms with Crippen LogP contribution in [0.25, 0.3) is 11.1 Å². The van der Waals surface area contributed by atoms with Crippen LogP contribution in [0.3, 0.4) is 0 Å². The van der Waals surface area contributed by atoms with Gasteiger partial charge in [0.25, 0.3) is 0 Å². The van der Waals surface area contributed by atoms with E-state index >= 15 is 0 Å². The molecule has 0 atom stereocenters. The number of hydrogen-bond acceptors (Lipinski definition) is 6. The fraction of sp³-hybridized carbons (Fsp3) is 0.600. The van der Waals surface area contributed by atoms with Gasteiger partial charge in [-0.15, -0.1) is 0 Å². The number of furan rings is 1. The monoisotopic (exact) mass is 421 g/mol. The highest BCUT2D eigenvalue weighted by Crippen LogP contribution is 2.35. The Labute approximate surface area is 170 Å². The van der Waals surface area contributed by atoms with Gasteiger partial charge in [-0.25, -0.2) is 12.7 Å². The van der Waals surface area contributed by atoms with Gasteiger partial charge >= 0.3 is 0 Å². The molecule has 0 bridgehead atoms. The lowest BCUT2D eigenvalue weighted by molar-refractivity contribution is -0.138. The second kappa shape index (κ2) is 7.37. The first-order chi connectivity index (χ1) is 13.6. The third kappa shape index (κ3) is 4.04. The number of aromatic nitrogens is 1. The molecule has 9 heteroatoms. The number of rotatable bonds is 5. The number of carbonyl (C=O) groups excluding carboxylic acids is 1. The molecule has 0 aromatic carbocycles. The summed E-state index contributed by atoms with van der Waals surface area (Å²) < 4.78 is 33.0. The van der Waals surface area contributed by atoms with Gasteiger partial charge in [-0.2, -0.15) is 0 Å². The van der Waals surface area contributed by atoms with E-state index in [0.29, 0.717) is 13.1 Å². The maximum absolute atomic E-state index is 12.9. The lowest BCUT2D eigenvalue weighted by Crippen LogP contribution is -2.61. The average Bonchev–Trinajstić information content (AvgIpc) is 3.03. The molecule has 0 unspecified atom stereocenters. The zero-order valence-corrected chi connectivity index (χ0v) is 17.6. The predicted octanol–water partition coefficient (Wildman–Crippen LogP) is 1.71. The summed E-state index contributed by atoms with van der Waals surface area (Å²) in [5.74, 6) is 0.0193. The topological polar surface area (TPSA) is 104 Å². The fourth-order valence-corrected chi connectivity index (χ4v) is 6.00. The molecule has 8 nitrogen and oxygen atoms in total. The van der Waals surface area contributed by atoms with E-state index in [-0.39, 0.29) is 31.3 Å². The number of nitrogens with zero attached hydrogens (tertiary/aromatic N) is 3. The molecule has 0 radical (unpaired) electrons. The molecule has 0 saturated carbocycles. The van der Waals surface area contributed by atoms with Crippen molar-refractivity contribution in [3.05, 3.63) is 30.2 Å². The standard InChI is InChI=1S/C20H27N3O5S/c1-20(2,25)10-18(24)22-11-15(12-22)29(26,27)23-8-5-14(6-9-23)16-13-28-17-4-3-7-21-19(16)17/h3-4,7,13-15,25H,5-6,8-12H2,1-2H3. The van der Waals surface area contributed by atoms with E-state index in [1.165, 1.54) is 4.90 Å². The molecule has 4 heterocycles. The maximum atomic E-state index is 12.9. The highest BCUT2D eigenvalue weighted by atomic mass is 32.2. The highest BCUT2D eigenvalue weighted by Gasteiger charge is 2.44. The Morgan fingerprint density at radius 2 is 2.00 bits per heavy atom. The summed E-state index contributed by atoms with van der Waals surface area (Å²) in [6.07, 6.45) is 4.92. The van der Waals surface area contributed by atoms with E-state index in [4.69, 9.17) is 4.42 Å². The summed E-state index contributed by atoms with van der Waals surface area (Å²) in [7, 11) is -3.43. The molecule has 29 heavy (non-hydrogen) atoms. The van der Waals surface area contributed by atoms with Gasteiger partial charge in [0.15, 0.2) is 5.58 Å². The number of sulfonamides is 1. The van der Waals surface area contributed by atoms with Crippen LogP contribution in [0, 0.1) is 0 Å². The summed E-state index contributed by atoms with van der Waals surface area (Å²) >= 11 is 0. The zero-order valence-electron chi connectivity index (χ0n) is 16.7. The molecule has 158 valence electrons. The number of amides is 1. The van der Waals surface area contributed by atoms with Crippen molar-refractivity contribution in [2.24, 2.45) is 0 Å². The fourth-order valence-electron chi connectivity index (χ4n) is 4.12. The van der Waals surface area contributed by atoms with Gasteiger partial charge in [-0.05, 0) is 44.7 Å². The number of likely N-dealkylation sites (tertiary alicyclic amines) is 1. The lowest BCUT2D eigenvalue weighted by Gasteiger charge is -2.42. The van der Waals surface area contributed by atoms with Crippen LogP contribution in [-0.4, -0.2) is 70.7 Å². The van der Waals surface area contributed by atoms with Crippen molar-refractivity contribution in [3.63, 3.8) is 0 Å². The Balaban J connectivity index is 1.34. The third-order valence-electron chi connectivity index (χ3n) is 5.82. The van der Waals surface area contributed by atoms with Gasteiger partial charge in [-0.1, -0.05) is 0 Å². The summed E-state index contributed by atoms with van der Waals surface area (Å²) in [5, 5.41) is 9.22. The van der Waals surface area contributed by atoms with Crippen molar-refractivity contribution in [1.29, 1.82) is 0 Å². The van der Waals surface area contributed by atoms with Crippen LogP contribution >= 0.6 is 0 Å². The van der Waals surface area contributed by atoms with Crippen molar-refractivity contribution >= 4 is 27.0 Å². The number of hydrogen-bond donors (Lipinski definition) is 1. The Bertz CT molecular complexity index is 997. The van der Waals surface area contributed by atoms with Crippen LogP contribution in [0.2, 0.25) is 0 Å². The van der Waals surface area contributed by atoms with Gasteiger partial charge in [0.05, 0.1) is 18.3 Å². The maximum Gasteiger partial charge on any atom is 0.225 e. The molecule has 2 fully saturated rings. The molecule has 2 aromatic rings. The van der Waals surface area contributed by atoms with Crippen LogP contribution in [-0.2, 0) is 14.8 Å². The molecule has 0 aliphatic carbocycles. The van der Waals surface area contributed by atoms with E-state index in [2.05, 4.69) is 4.98 Å². The first-order valence-electron chi connectivity index (χ1n) is 9.96. The summed E-state index contributed by atoms with van der Waals surface area (Å²) in [6.45, 7) is 4.46.